The third kappa shape index (κ3) is 3.17. The zero-order valence-corrected chi connectivity index (χ0v) is 14.1. The van der Waals surface area contributed by atoms with Gasteiger partial charge < -0.3 is 9.64 Å². The van der Waals surface area contributed by atoms with Crippen molar-refractivity contribution in [2.75, 3.05) is 24.6 Å². The summed E-state index contributed by atoms with van der Waals surface area (Å²) >= 11 is 1.28. The van der Waals surface area contributed by atoms with E-state index in [1.807, 2.05) is 4.90 Å². The van der Waals surface area contributed by atoms with E-state index in [0.717, 1.165) is 12.1 Å². The number of hydrogen-bond acceptors (Lipinski definition) is 6. The van der Waals surface area contributed by atoms with Crippen molar-refractivity contribution >= 4 is 21.4 Å². The first kappa shape index (κ1) is 17.0. The average molecular weight is 382 g/mol. The predicted octanol–water partition coefficient (Wildman–Crippen LogP) is 2.75. The Balaban J connectivity index is 1.57. The van der Waals surface area contributed by atoms with E-state index < -0.39 is 11.7 Å². The Bertz CT molecular complexity index is 984. The first-order valence-electron chi connectivity index (χ1n) is 7.80. The zero-order chi connectivity index (χ0) is 18.3. The van der Waals surface area contributed by atoms with Crippen LogP contribution in [-0.2, 0) is 10.9 Å². The molecule has 1 unspecified atom stereocenters. The molecule has 6 nitrogen and oxygen atoms in total. The Labute approximate surface area is 149 Å². The SMILES string of the molecule is O=c1ccnc2sc(N3CCOC(c4ccc(C(F)(F)F)cc4)C3)nn12. The molecule has 1 aliphatic rings. The largest absolute Gasteiger partial charge is 0.416 e. The van der Waals surface area contributed by atoms with Crippen LogP contribution >= 0.6 is 11.3 Å². The number of hydrogen-bond donors (Lipinski definition) is 0. The highest BCUT2D eigenvalue weighted by Gasteiger charge is 2.31. The summed E-state index contributed by atoms with van der Waals surface area (Å²) < 4.78 is 45.0. The Morgan fingerprint density at radius 2 is 1.96 bits per heavy atom. The summed E-state index contributed by atoms with van der Waals surface area (Å²) in [5.41, 5.74) is -0.283. The van der Waals surface area contributed by atoms with Crippen LogP contribution in [0.3, 0.4) is 0 Å². The van der Waals surface area contributed by atoms with E-state index in [-0.39, 0.29) is 11.7 Å². The van der Waals surface area contributed by atoms with Crippen LogP contribution in [0.15, 0.2) is 41.3 Å². The number of anilines is 1. The van der Waals surface area contributed by atoms with Gasteiger partial charge in [0.15, 0.2) is 0 Å². The van der Waals surface area contributed by atoms with Crippen molar-refractivity contribution in [2.45, 2.75) is 12.3 Å². The molecule has 136 valence electrons. The van der Waals surface area contributed by atoms with E-state index in [4.69, 9.17) is 4.74 Å². The maximum atomic E-state index is 12.7. The lowest BCUT2D eigenvalue weighted by atomic mass is 10.1. The Kier molecular flexibility index (Phi) is 4.16. The number of alkyl halides is 3. The fourth-order valence-electron chi connectivity index (χ4n) is 2.77. The number of morpholine rings is 1. The first-order chi connectivity index (χ1) is 12.4. The van der Waals surface area contributed by atoms with Gasteiger partial charge in [-0.2, -0.15) is 17.7 Å². The summed E-state index contributed by atoms with van der Waals surface area (Å²) in [5, 5.41) is 4.92. The summed E-state index contributed by atoms with van der Waals surface area (Å²) in [5.74, 6) is 0. The van der Waals surface area contributed by atoms with Gasteiger partial charge >= 0.3 is 6.18 Å². The van der Waals surface area contributed by atoms with Crippen molar-refractivity contribution in [2.24, 2.45) is 0 Å². The molecule has 4 rings (SSSR count). The smallest absolute Gasteiger partial charge is 0.370 e. The highest BCUT2D eigenvalue weighted by molar-refractivity contribution is 7.20. The Morgan fingerprint density at radius 3 is 2.65 bits per heavy atom. The summed E-state index contributed by atoms with van der Waals surface area (Å²) in [6, 6.07) is 6.31. The molecule has 1 atom stereocenters. The molecule has 1 fully saturated rings. The molecule has 0 aliphatic carbocycles. The van der Waals surface area contributed by atoms with E-state index in [0.29, 0.717) is 35.4 Å². The fraction of sp³-hybridized carbons (Fsp3) is 0.312. The standard InChI is InChI=1S/C16H13F3N4O2S/c17-16(18,19)11-3-1-10(2-4-11)12-9-22(7-8-25-12)15-21-23-13(24)5-6-20-14(23)26-15/h1-6,12H,7-9H2. The molecular weight excluding hydrogens is 369 g/mol. The van der Waals surface area contributed by atoms with Crippen molar-refractivity contribution in [3.63, 3.8) is 0 Å². The Morgan fingerprint density at radius 1 is 1.19 bits per heavy atom. The third-order valence-electron chi connectivity index (χ3n) is 4.11. The van der Waals surface area contributed by atoms with Gasteiger partial charge in [-0.1, -0.05) is 23.5 Å². The van der Waals surface area contributed by atoms with E-state index in [1.165, 1.54) is 40.2 Å². The van der Waals surface area contributed by atoms with Crippen LogP contribution in [0.25, 0.3) is 4.96 Å². The number of rotatable bonds is 2. The van der Waals surface area contributed by atoms with Gasteiger partial charge in [-0.25, -0.2) is 4.98 Å². The number of aromatic nitrogens is 3. The van der Waals surface area contributed by atoms with Crippen LogP contribution in [0.1, 0.15) is 17.2 Å². The number of fused-ring (bicyclic) bond motifs is 1. The molecule has 0 saturated carbocycles. The normalized spacial score (nSPS) is 18.4. The lowest BCUT2D eigenvalue weighted by Gasteiger charge is -2.32. The minimum atomic E-state index is -4.36. The minimum absolute atomic E-state index is 0.259. The molecule has 0 bridgehead atoms. The molecule has 3 aromatic rings. The lowest BCUT2D eigenvalue weighted by Crippen LogP contribution is -2.38. The minimum Gasteiger partial charge on any atom is -0.370 e. The second-order valence-electron chi connectivity index (χ2n) is 5.79. The van der Waals surface area contributed by atoms with Crippen molar-refractivity contribution in [1.29, 1.82) is 0 Å². The molecule has 1 saturated heterocycles. The van der Waals surface area contributed by atoms with Gasteiger partial charge in [0, 0.05) is 18.8 Å². The van der Waals surface area contributed by atoms with Crippen LogP contribution in [0, 0.1) is 0 Å². The summed E-state index contributed by atoms with van der Waals surface area (Å²) in [4.78, 5) is 18.4. The van der Waals surface area contributed by atoms with E-state index >= 15 is 0 Å². The van der Waals surface area contributed by atoms with E-state index in [1.54, 1.807) is 0 Å². The fourth-order valence-corrected chi connectivity index (χ4v) is 3.68. The van der Waals surface area contributed by atoms with Gasteiger partial charge in [0.25, 0.3) is 5.56 Å². The van der Waals surface area contributed by atoms with Crippen LogP contribution < -0.4 is 10.5 Å². The van der Waals surface area contributed by atoms with Crippen LogP contribution in [-0.4, -0.2) is 34.3 Å². The van der Waals surface area contributed by atoms with Gasteiger partial charge in [-0.3, -0.25) is 4.79 Å². The van der Waals surface area contributed by atoms with Gasteiger partial charge in [-0.15, -0.1) is 5.10 Å². The summed E-state index contributed by atoms with van der Waals surface area (Å²) in [7, 11) is 0. The average Bonchev–Trinajstić information content (AvgIpc) is 3.07. The molecule has 1 aromatic carbocycles. The highest BCUT2D eigenvalue weighted by atomic mass is 32.1. The number of benzene rings is 1. The van der Waals surface area contributed by atoms with Crippen LogP contribution in [0.4, 0.5) is 18.3 Å². The maximum absolute atomic E-state index is 12.7. The zero-order valence-electron chi connectivity index (χ0n) is 13.3. The molecule has 10 heteroatoms. The van der Waals surface area contributed by atoms with E-state index in [2.05, 4.69) is 10.1 Å². The van der Waals surface area contributed by atoms with Gasteiger partial charge in [0.2, 0.25) is 10.1 Å². The summed E-state index contributed by atoms with van der Waals surface area (Å²) in [6.45, 7) is 1.41. The number of halogens is 3. The predicted molar refractivity (Wildman–Crippen MR) is 89.5 cm³/mol. The quantitative estimate of drug-likeness (QED) is 0.682. The maximum Gasteiger partial charge on any atom is 0.416 e. The van der Waals surface area contributed by atoms with Crippen molar-refractivity contribution < 1.29 is 17.9 Å². The highest BCUT2D eigenvalue weighted by Crippen LogP contribution is 2.32. The molecule has 3 heterocycles. The monoisotopic (exact) mass is 382 g/mol. The van der Waals surface area contributed by atoms with Gasteiger partial charge in [-0.05, 0) is 17.7 Å². The number of nitrogens with zero attached hydrogens (tertiary/aromatic N) is 4. The Hall–Kier alpha value is -2.46. The molecule has 0 amide bonds. The summed E-state index contributed by atoms with van der Waals surface area (Å²) in [6.07, 6.45) is -3.30. The third-order valence-corrected chi connectivity index (χ3v) is 5.09. The molecule has 26 heavy (non-hydrogen) atoms. The van der Waals surface area contributed by atoms with E-state index in [9.17, 15) is 18.0 Å². The van der Waals surface area contributed by atoms with Gasteiger partial charge in [0.1, 0.15) is 6.10 Å². The molecule has 2 aromatic heterocycles. The topological polar surface area (TPSA) is 59.7 Å². The van der Waals surface area contributed by atoms with Crippen LogP contribution in [0.5, 0.6) is 0 Å². The molecule has 0 N–H and O–H groups in total. The van der Waals surface area contributed by atoms with Crippen molar-refractivity contribution in [3.8, 4) is 0 Å². The van der Waals surface area contributed by atoms with Gasteiger partial charge in [0.05, 0.1) is 18.7 Å². The second kappa shape index (κ2) is 6.36. The molecule has 0 spiro atoms. The second-order valence-corrected chi connectivity index (χ2v) is 6.72. The molecule has 0 radical (unpaired) electrons. The number of ether oxygens (including phenoxy) is 1. The van der Waals surface area contributed by atoms with Crippen LogP contribution in [0.2, 0.25) is 0 Å². The molecule has 1 aliphatic heterocycles. The first-order valence-corrected chi connectivity index (χ1v) is 8.62. The van der Waals surface area contributed by atoms with Crippen molar-refractivity contribution in [3.05, 3.63) is 58.0 Å². The molecular formula is C16H13F3N4O2S. The van der Waals surface area contributed by atoms with Crippen molar-refractivity contribution in [1.82, 2.24) is 14.6 Å². The lowest BCUT2D eigenvalue weighted by molar-refractivity contribution is -0.137.